The summed E-state index contributed by atoms with van der Waals surface area (Å²) >= 11 is 3.30. The fourth-order valence-electron chi connectivity index (χ4n) is 2.51. The number of hydrogen-bond donors (Lipinski definition) is 2. The van der Waals surface area contributed by atoms with Crippen molar-refractivity contribution >= 4 is 44.7 Å². The van der Waals surface area contributed by atoms with Crippen molar-refractivity contribution in [1.82, 2.24) is 20.2 Å². The van der Waals surface area contributed by atoms with E-state index in [1.165, 1.54) is 17.2 Å². The fraction of sp³-hybridized carbons (Fsp3) is 0.211. The van der Waals surface area contributed by atoms with E-state index in [2.05, 4.69) is 26.2 Å². The van der Waals surface area contributed by atoms with Gasteiger partial charge in [-0.1, -0.05) is 15.9 Å². The molecule has 0 aliphatic carbocycles. The molecule has 0 bridgehead atoms. The Hall–Kier alpha value is -3.47. The lowest BCUT2D eigenvalue weighted by Crippen LogP contribution is -2.41. The maximum Gasteiger partial charge on any atom is 0.321 e. The maximum absolute atomic E-state index is 12.5. The van der Waals surface area contributed by atoms with Crippen LogP contribution in [0.2, 0.25) is 0 Å². The van der Waals surface area contributed by atoms with Gasteiger partial charge in [0.1, 0.15) is 5.76 Å². The summed E-state index contributed by atoms with van der Waals surface area (Å²) in [6.45, 7) is -0.472. The highest BCUT2D eigenvalue weighted by Crippen LogP contribution is 2.14. The Morgan fingerprint density at radius 1 is 1.23 bits per heavy atom. The van der Waals surface area contributed by atoms with Crippen LogP contribution in [-0.2, 0) is 27.4 Å². The molecule has 3 rings (SSSR count). The van der Waals surface area contributed by atoms with Crippen molar-refractivity contribution in [1.29, 1.82) is 0 Å². The molecule has 3 aromatic rings. The summed E-state index contributed by atoms with van der Waals surface area (Å²) in [6, 6.07) is 7.73. The first-order valence-corrected chi connectivity index (χ1v) is 9.62. The highest BCUT2D eigenvalue weighted by molar-refractivity contribution is 9.10. The van der Waals surface area contributed by atoms with Crippen molar-refractivity contribution in [3.8, 4) is 0 Å². The third-order valence-electron chi connectivity index (χ3n) is 3.96. The molecule has 2 N–H and O–H groups in total. The molecule has 0 atom stereocenters. The van der Waals surface area contributed by atoms with E-state index in [1.807, 2.05) is 5.32 Å². The van der Waals surface area contributed by atoms with E-state index in [4.69, 9.17) is 9.15 Å². The Morgan fingerprint density at radius 2 is 2.07 bits per heavy atom. The molecule has 0 fully saturated rings. The van der Waals surface area contributed by atoms with Gasteiger partial charge in [0.25, 0.3) is 11.5 Å². The molecule has 1 aromatic carbocycles. The van der Waals surface area contributed by atoms with Gasteiger partial charge >= 0.3 is 12.0 Å². The van der Waals surface area contributed by atoms with Gasteiger partial charge in [0.15, 0.2) is 6.61 Å². The number of benzene rings is 1. The Kier molecular flexibility index (Phi) is 6.96. The number of furan rings is 1. The van der Waals surface area contributed by atoms with Gasteiger partial charge in [-0.15, -0.1) is 0 Å². The number of fused-ring (bicyclic) bond motifs is 1. The molecule has 0 unspecified atom stereocenters. The number of ether oxygens (including phenoxy) is 1. The third-order valence-corrected chi connectivity index (χ3v) is 4.46. The predicted octanol–water partition coefficient (Wildman–Crippen LogP) is 1.71. The average molecular weight is 477 g/mol. The first-order chi connectivity index (χ1) is 14.4. The third kappa shape index (κ3) is 5.77. The monoisotopic (exact) mass is 476 g/mol. The molecule has 0 aliphatic heterocycles. The maximum atomic E-state index is 12.5. The van der Waals surface area contributed by atoms with Gasteiger partial charge in [0.05, 0.1) is 36.5 Å². The van der Waals surface area contributed by atoms with E-state index < -0.39 is 24.5 Å². The van der Waals surface area contributed by atoms with Gasteiger partial charge in [0.2, 0.25) is 0 Å². The summed E-state index contributed by atoms with van der Waals surface area (Å²) in [5.41, 5.74) is 0.254. The van der Waals surface area contributed by atoms with Crippen LogP contribution in [-0.4, -0.2) is 34.1 Å². The van der Waals surface area contributed by atoms with Crippen LogP contribution in [0.5, 0.6) is 0 Å². The second kappa shape index (κ2) is 9.83. The number of amides is 3. The smallest absolute Gasteiger partial charge is 0.321 e. The SMILES string of the molecule is O=C(COC(=O)CCn1cnc2ccc(Br)cc2c1=O)NC(=O)NCc1ccco1. The van der Waals surface area contributed by atoms with Gasteiger partial charge in [-0.3, -0.25) is 24.3 Å². The predicted molar refractivity (Wildman–Crippen MR) is 108 cm³/mol. The number of nitrogens with zero attached hydrogens (tertiary/aromatic N) is 2. The second-order valence-electron chi connectivity index (χ2n) is 6.13. The lowest BCUT2D eigenvalue weighted by molar-refractivity contribution is -0.148. The number of halogens is 1. The number of esters is 1. The van der Waals surface area contributed by atoms with Crippen LogP contribution in [0, 0.1) is 0 Å². The largest absolute Gasteiger partial charge is 0.467 e. The normalized spacial score (nSPS) is 10.6. The van der Waals surface area contributed by atoms with E-state index in [1.54, 1.807) is 30.3 Å². The van der Waals surface area contributed by atoms with E-state index in [-0.39, 0.29) is 25.1 Å². The topological polar surface area (TPSA) is 133 Å². The number of hydrogen-bond acceptors (Lipinski definition) is 7. The molecular weight excluding hydrogens is 460 g/mol. The standard InChI is InChI=1S/C19H17BrN4O6/c20-12-3-4-15-14(8-12)18(27)24(11-22-15)6-5-17(26)30-10-16(25)23-19(28)21-9-13-2-1-7-29-13/h1-4,7-8,11H,5-6,9-10H2,(H2,21,23,25,28). The van der Waals surface area contributed by atoms with Crippen molar-refractivity contribution in [2.45, 2.75) is 19.5 Å². The first kappa shape index (κ1) is 21.2. The number of imide groups is 1. The number of rotatable bonds is 7. The zero-order valence-corrected chi connectivity index (χ0v) is 17.2. The van der Waals surface area contributed by atoms with Crippen LogP contribution in [0.15, 0.2) is 56.6 Å². The van der Waals surface area contributed by atoms with E-state index >= 15 is 0 Å². The number of carbonyl (C=O) groups excluding carboxylic acids is 3. The van der Waals surface area contributed by atoms with Crippen LogP contribution in [0.25, 0.3) is 10.9 Å². The Balaban J connectivity index is 1.43. The average Bonchev–Trinajstić information content (AvgIpc) is 3.24. The van der Waals surface area contributed by atoms with Crippen LogP contribution in [0.1, 0.15) is 12.2 Å². The highest BCUT2D eigenvalue weighted by atomic mass is 79.9. The summed E-state index contributed by atoms with van der Waals surface area (Å²) in [4.78, 5) is 51.8. The lowest BCUT2D eigenvalue weighted by Gasteiger charge is -2.08. The molecule has 11 heteroatoms. The zero-order valence-electron chi connectivity index (χ0n) is 15.6. The van der Waals surface area contributed by atoms with Crippen molar-refractivity contribution < 1.29 is 23.5 Å². The Morgan fingerprint density at radius 3 is 2.83 bits per heavy atom. The number of urea groups is 1. The van der Waals surface area contributed by atoms with Crippen LogP contribution >= 0.6 is 15.9 Å². The number of aromatic nitrogens is 2. The Bertz CT molecular complexity index is 1130. The van der Waals surface area contributed by atoms with Crippen LogP contribution in [0.3, 0.4) is 0 Å². The highest BCUT2D eigenvalue weighted by Gasteiger charge is 2.12. The summed E-state index contributed by atoms with van der Waals surface area (Å²) in [5, 5.41) is 4.87. The van der Waals surface area contributed by atoms with E-state index in [0.717, 1.165) is 4.47 Å². The summed E-state index contributed by atoms with van der Waals surface area (Å²) in [7, 11) is 0. The van der Waals surface area contributed by atoms with Gasteiger partial charge in [0, 0.05) is 11.0 Å². The van der Waals surface area contributed by atoms with E-state index in [9.17, 15) is 19.2 Å². The van der Waals surface area contributed by atoms with Crippen molar-refractivity contribution in [2.24, 2.45) is 0 Å². The van der Waals surface area contributed by atoms with Gasteiger partial charge in [-0.2, -0.15) is 0 Å². The molecule has 0 radical (unpaired) electrons. The molecule has 156 valence electrons. The number of carbonyl (C=O) groups is 3. The molecule has 2 aromatic heterocycles. The lowest BCUT2D eigenvalue weighted by atomic mass is 10.2. The van der Waals surface area contributed by atoms with Crippen LogP contribution < -0.4 is 16.2 Å². The minimum Gasteiger partial charge on any atom is -0.467 e. The Labute approximate surface area is 178 Å². The van der Waals surface area contributed by atoms with Crippen molar-refractivity contribution in [2.75, 3.05) is 6.61 Å². The molecule has 0 saturated carbocycles. The molecule has 3 amide bonds. The molecule has 0 aliphatic rings. The quantitative estimate of drug-likeness (QED) is 0.495. The molecule has 30 heavy (non-hydrogen) atoms. The minimum atomic E-state index is -0.783. The van der Waals surface area contributed by atoms with Gasteiger partial charge in [-0.25, -0.2) is 9.78 Å². The summed E-state index contributed by atoms with van der Waals surface area (Å²) in [6.07, 6.45) is 2.67. The second-order valence-corrected chi connectivity index (χ2v) is 7.04. The molecular formula is C19H17BrN4O6. The van der Waals surface area contributed by atoms with Gasteiger partial charge < -0.3 is 14.5 Å². The number of nitrogens with one attached hydrogen (secondary N) is 2. The minimum absolute atomic E-state index is 0.0401. The van der Waals surface area contributed by atoms with Crippen molar-refractivity contribution in [3.63, 3.8) is 0 Å². The van der Waals surface area contributed by atoms with Crippen LogP contribution in [0.4, 0.5) is 4.79 Å². The fourth-order valence-corrected chi connectivity index (χ4v) is 2.87. The number of aryl methyl sites for hydroxylation is 1. The summed E-state index contributed by atoms with van der Waals surface area (Å²) in [5.74, 6) is -0.952. The molecule has 0 saturated heterocycles. The molecule has 2 heterocycles. The van der Waals surface area contributed by atoms with Gasteiger partial charge in [-0.05, 0) is 30.3 Å². The van der Waals surface area contributed by atoms with Crippen molar-refractivity contribution in [3.05, 3.63) is 63.5 Å². The molecule has 10 nitrogen and oxygen atoms in total. The first-order valence-electron chi connectivity index (χ1n) is 8.83. The molecule has 0 spiro atoms. The van der Waals surface area contributed by atoms with E-state index in [0.29, 0.717) is 16.7 Å². The summed E-state index contributed by atoms with van der Waals surface area (Å²) < 4.78 is 11.9. The zero-order chi connectivity index (χ0) is 21.5.